The summed E-state index contributed by atoms with van der Waals surface area (Å²) in [5, 5.41) is 31.9. The summed E-state index contributed by atoms with van der Waals surface area (Å²) in [6, 6.07) is 0. The molecule has 0 amide bonds. The number of nitrogens with one attached hydrogen (secondary N) is 1. The van der Waals surface area contributed by atoms with Crippen LogP contribution in [0, 0.1) is 0 Å². The fourth-order valence-corrected chi connectivity index (χ4v) is 10.7. The number of ether oxygens (including phenoxy) is 1. The maximum Gasteiger partial charge on any atom is 0.278 e. The molecule has 31 heavy (non-hydrogen) atoms. The average Bonchev–Trinajstić information content (AvgIpc) is 3.23. The first-order chi connectivity index (χ1) is 14.5. The predicted molar refractivity (Wildman–Crippen MR) is 117 cm³/mol. The van der Waals surface area contributed by atoms with Gasteiger partial charge in [-0.1, -0.05) is 41.5 Å². The molecule has 0 saturated carbocycles. The maximum atomic E-state index is 12.0. The van der Waals surface area contributed by atoms with Crippen LogP contribution >= 0.6 is 0 Å². The smallest absolute Gasteiger partial charge is 0.278 e. The average molecular weight is 455 g/mol. The van der Waals surface area contributed by atoms with Crippen molar-refractivity contribution in [2.45, 2.75) is 82.2 Å². The molecular formula is C20H34N4O6Si. The predicted octanol–water partition coefficient (Wildman–Crippen LogP) is 1.29. The van der Waals surface area contributed by atoms with Crippen molar-refractivity contribution >= 4 is 19.5 Å². The molecule has 0 aromatic carbocycles. The van der Waals surface area contributed by atoms with Gasteiger partial charge in [0, 0.05) is 0 Å². The van der Waals surface area contributed by atoms with E-state index in [9.17, 15) is 20.1 Å². The molecule has 10 nitrogen and oxygen atoms in total. The van der Waals surface area contributed by atoms with Crippen LogP contribution in [0.15, 0.2) is 17.4 Å². The monoisotopic (exact) mass is 454 g/mol. The fraction of sp³-hybridized carbons (Fsp3) is 0.750. The molecule has 2 aromatic heterocycles. The zero-order chi connectivity index (χ0) is 23.1. The van der Waals surface area contributed by atoms with E-state index in [1.807, 2.05) is 0 Å². The highest BCUT2D eigenvalue weighted by molar-refractivity contribution is 6.77. The molecule has 11 heteroatoms. The Labute approximate surface area is 182 Å². The van der Waals surface area contributed by atoms with Gasteiger partial charge < -0.3 is 29.5 Å². The molecule has 0 aliphatic carbocycles. The Kier molecular flexibility index (Phi) is 6.75. The first-order valence-corrected chi connectivity index (χ1v) is 12.8. The fourth-order valence-electron chi connectivity index (χ4n) is 5.16. The number of hydrogen-bond acceptors (Lipinski definition) is 8. The van der Waals surface area contributed by atoms with Crippen molar-refractivity contribution in [1.82, 2.24) is 19.5 Å². The van der Waals surface area contributed by atoms with E-state index < -0.39 is 44.5 Å². The van der Waals surface area contributed by atoms with Gasteiger partial charge in [0.2, 0.25) is 0 Å². The number of rotatable bonds is 8. The highest BCUT2D eigenvalue weighted by Crippen LogP contribution is 2.45. The maximum absolute atomic E-state index is 12.0. The number of aromatic amines is 1. The van der Waals surface area contributed by atoms with Gasteiger partial charge in [-0.15, -0.1) is 0 Å². The van der Waals surface area contributed by atoms with Gasteiger partial charge >= 0.3 is 0 Å². The molecule has 3 heterocycles. The van der Waals surface area contributed by atoms with Crippen molar-refractivity contribution in [3.63, 3.8) is 0 Å². The van der Waals surface area contributed by atoms with Gasteiger partial charge in [0.05, 0.1) is 25.9 Å². The largest absolute Gasteiger partial charge is 0.413 e. The van der Waals surface area contributed by atoms with E-state index in [0.717, 1.165) is 0 Å². The van der Waals surface area contributed by atoms with Crippen LogP contribution in [0.25, 0.3) is 11.2 Å². The lowest BCUT2D eigenvalue weighted by molar-refractivity contribution is -0.146. The second kappa shape index (κ2) is 8.72. The summed E-state index contributed by atoms with van der Waals surface area (Å²) < 4.78 is 14.0. The number of aromatic nitrogens is 4. The summed E-state index contributed by atoms with van der Waals surface area (Å²) in [6.45, 7) is 12.3. The highest BCUT2D eigenvalue weighted by Gasteiger charge is 2.57. The zero-order valence-electron chi connectivity index (χ0n) is 18.9. The molecule has 0 unspecified atom stereocenters. The normalized spacial score (nSPS) is 27.3. The van der Waals surface area contributed by atoms with Crippen molar-refractivity contribution in [3.05, 3.63) is 23.0 Å². The molecule has 0 radical (unpaired) electrons. The zero-order valence-corrected chi connectivity index (χ0v) is 19.9. The first kappa shape index (κ1) is 24.0. The van der Waals surface area contributed by atoms with Gasteiger partial charge in [-0.2, -0.15) is 0 Å². The molecule has 0 bridgehead atoms. The summed E-state index contributed by atoms with van der Waals surface area (Å²) in [5.74, 6) is 0. The second-order valence-corrected chi connectivity index (χ2v) is 14.8. The summed E-state index contributed by atoms with van der Waals surface area (Å²) in [5.41, 5.74) is -0.724. The molecule has 2 aromatic rings. The third kappa shape index (κ3) is 3.77. The molecule has 0 spiro atoms. The van der Waals surface area contributed by atoms with Crippen LogP contribution < -0.4 is 5.56 Å². The molecule has 174 valence electrons. The second-order valence-electron chi connectivity index (χ2n) is 9.33. The molecule has 3 rings (SSSR count). The quantitative estimate of drug-likeness (QED) is 0.437. The van der Waals surface area contributed by atoms with E-state index in [1.54, 1.807) is 0 Å². The Hall–Kier alpha value is -1.63. The van der Waals surface area contributed by atoms with Crippen molar-refractivity contribution in [1.29, 1.82) is 0 Å². The van der Waals surface area contributed by atoms with E-state index in [4.69, 9.17) is 9.16 Å². The Morgan fingerprint density at radius 3 is 2.35 bits per heavy atom. The highest BCUT2D eigenvalue weighted by atomic mass is 28.4. The first-order valence-electron chi connectivity index (χ1n) is 10.7. The van der Waals surface area contributed by atoms with Crippen LogP contribution in [-0.4, -0.2) is 74.2 Å². The van der Waals surface area contributed by atoms with Gasteiger partial charge in [-0.05, 0) is 16.6 Å². The van der Waals surface area contributed by atoms with E-state index in [-0.39, 0.29) is 17.8 Å². The third-order valence-corrected chi connectivity index (χ3v) is 12.7. The van der Waals surface area contributed by atoms with E-state index in [0.29, 0.717) is 16.6 Å². The van der Waals surface area contributed by atoms with Crippen LogP contribution in [-0.2, 0) is 9.16 Å². The van der Waals surface area contributed by atoms with Crippen molar-refractivity contribution < 1.29 is 24.5 Å². The molecule has 1 fully saturated rings. The van der Waals surface area contributed by atoms with E-state index >= 15 is 0 Å². The number of aliphatic hydroxyl groups is 3. The number of fused-ring (bicyclic) bond motifs is 1. The Morgan fingerprint density at radius 2 is 1.81 bits per heavy atom. The summed E-state index contributed by atoms with van der Waals surface area (Å²) in [4.78, 5) is 22.6. The van der Waals surface area contributed by atoms with Gasteiger partial charge in [0.15, 0.2) is 25.7 Å². The Bertz CT molecular complexity index is 939. The molecule has 4 N–H and O–H groups in total. The Balaban J connectivity index is 1.94. The summed E-state index contributed by atoms with van der Waals surface area (Å²) in [7, 11) is -2.31. The Morgan fingerprint density at radius 1 is 1.19 bits per heavy atom. The SMILES string of the molecule is CC(C)[Si](OC[C@]1(CO)O[C@@H](n2cnc3c(=O)[nH]cnc32)[C@H](O)[C@@H]1O)(C(C)C)C(C)C. The molecule has 1 saturated heterocycles. The van der Waals surface area contributed by atoms with Gasteiger partial charge in [0.25, 0.3) is 5.56 Å². The number of nitrogens with zero attached hydrogens (tertiary/aromatic N) is 3. The van der Waals surface area contributed by atoms with Crippen molar-refractivity contribution in [2.75, 3.05) is 13.2 Å². The molecular weight excluding hydrogens is 420 g/mol. The lowest BCUT2D eigenvalue weighted by atomic mass is 9.97. The van der Waals surface area contributed by atoms with Crippen LogP contribution in [0.1, 0.15) is 47.8 Å². The molecule has 4 atom stereocenters. The van der Waals surface area contributed by atoms with Crippen molar-refractivity contribution in [3.8, 4) is 0 Å². The standard InChI is InChI=1S/C20H34N4O6Si/c1-11(2)31(12(3)4,13(5)6)29-8-20(7-25)16(27)15(26)19(30-20)24-10-23-14-17(24)21-9-22-18(14)28/h9-13,15-16,19,25-27H,7-8H2,1-6H3,(H,21,22,28)/t15-,16+,19-,20+/m1/s1. The topological polar surface area (TPSA) is 143 Å². The number of H-pyrrole nitrogens is 1. The number of hydrogen-bond donors (Lipinski definition) is 4. The van der Waals surface area contributed by atoms with Crippen molar-refractivity contribution in [2.24, 2.45) is 0 Å². The summed E-state index contributed by atoms with van der Waals surface area (Å²) in [6.07, 6.45) is -1.30. The van der Waals surface area contributed by atoms with Gasteiger partial charge in [-0.25, -0.2) is 9.97 Å². The minimum absolute atomic E-state index is 0.0559. The minimum atomic E-state index is -2.31. The van der Waals surface area contributed by atoms with E-state index in [2.05, 4.69) is 56.5 Å². The van der Waals surface area contributed by atoms with E-state index in [1.165, 1.54) is 17.2 Å². The van der Waals surface area contributed by atoms with Crippen LogP contribution in [0.2, 0.25) is 16.6 Å². The third-order valence-electron chi connectivity index (χ3n) is 6.69. The number of imidazole rings is 1. The molecule has 1 aliphatic rings. The van der Waals surface area contributed by atoms with Gasteiger partial charge in [0.1, 0.15) is 17.8 Å². The summed E-state index contributed by atoms with van der Waals surface area (Å²) >= 11 is 0. The molecule has 1 aliphatic heterocycles. The number of aliphatic hydroxyl groups excluding tert-OH is 3. The lowest BCUT2D eigenvalue weighted by Gasteiger charge is -2.44. The van der Waals surface area contributed by atoms with Crippen LogP contribution in [0.4, 0.5) is 0 Å². The van der Waals surface area contributed by atoms with Gasteiger partial charge in [-0.3, -0.25) is 9.36 Å². The lowest BCUT2D eigenvalue weighted by Crippen LogP contribution is -2.56. The van der Waals surface area contributed by atoms with Crippen LogP contribution in [0.3, 0.4) is 0 Å². The minimum Gasteiger partial charge on any atom is -0.413 e. The van der Waals surface area contributed by atoms with Crippen LogP contribution in [0.5, 0.6) is 0 Å².